The summed E-state index contributed by atoms with van der Waals surface area (Å²) in [5, 5.41) is 10.7. The van der Waals surface area contributed by atoms with Gasteiger partial charge < -0.3 is 9.80 Å². The van der Waals surface area contributed by atoms with Crippen LogP contribution >= 0.6 is 23.5 Å². The van der Waals surface area contributed by atoms with Crippen LogP contribution in [0.2, 0.25) is 0 Å². The van der Waals surface area contributed by atoms with Crippen LogP contribution in [0.5, 0.6) is 0 Å². The minimum absolute atomic E-state index is 0.0947. The van der Waals surface area contributed by atoms with Gasteiger partial charge in [-0.05, 0) is 12.1 Å². The number of aliphatic imine (C=N–C) groups is 1. The lowest BCUT2D eigenvalue weighted by Crippen LogP contribution is -2.49. The summed E-state index contributed by atoms with van der Waals surface area (Å²) in [5.74, 6) is 1.62. The highest BCUT2D eigenvalue weighted by atomic mass is 32.2. The van der Waals surface area contributed by atoms with Gasteiger partial charge >= 0.3 is 0 Å². The summed E-state index contributed by atoms with van der Waals surface area (Å²) >= 11 is 3.25. The second-order valence-electron chi connectivity index (χ2n) is 5.43. The molecule has 0 bridgehead atoms. The predicted molar refractivity (Wildman–Crippen MR) is 99.1 cm³/mol. The number of nitro groups is 1. The summed E-state index contributed by atoms with van der Waals surface area (Å²) in [6, 6.07) is 6.56. The Bertz CT molecular complexity index is 643. The molecule has 1 aromatic rings. The van der Waals surface area contributed by atoms with Crippen molar-refractivity contribution >= 4 is 45.2 Å². The number of thioether (sulfide) groups is 2. The Morgan fingerprint density at radius 2 is 1.96 bits per heavy atom. The number of hydrogen-bond donors (Lipinski definition) is 0. The van der Waals surface area contributed by atoms with Gasteiger partial charge in [-0.25, -0.2) is 0 Å². The van der Waals surface area contributed by atoms with Crippen LogP contribution < -0.4 is 4.90 Å². The highest BCUT2D eigenvalue weighted by Crippen LogP contribution is 2.23. The lowest BCUT2D eigenvalue weighted by Gasteiger charge is -2.36. The highest BCUT2D eigenvalue weighted by Gasteiger charge is 2.22. The minimum atomic E-state index is -0.398. The van der Waals surface area contributed by atoms with Gasteiger partial charge in [0, 0.05) is 49.8 Å². The number of anilines is 1. The number of carbonyl (C=O) groups excluding carboxylic acids is 1. The minimum Gasteiger partial charge on any atom is -0.368 e. The largest absolute Gasteiger partial charge is 0.368 e. The molecule has 24 heavy (non-hydrogen) atoms. The molecule has 0 N–H and O–H groups in total. The number of piperazine rings is 1. The molecule has 1 fully saturated rings. The zero-order valence-electron chi connectivity index (χ0n) is 13.1. The second kappa shape index (κ2) is 7.89. The Balaban J connectivity index is 1.48. The molecular weight excluding hydrogens is 348 g/mol. The summed E-state index contributed by atoms with van der Waals surface area (Å²) in [4.78, 5) is 30.9. The van der Waals surface area contributed by atoms with E-state index in [-0.39, 0.29) is 11.6 Å². The molecule has 0 saturated carbocycles. The van der Waals surface area contributed by atoms with E-state index in [9.17, 15) is 14.9 Å². The Labute approximate surface area is 148 Å². The van der Waals surface area contributed by atoms with Crippen molar-refractivity contribution in [1.29, 1.82) is 0 Å². The van der Waals surface area contributed by atoms with E-state index in [1.807, 2.05) is 4.90 Å². The summed E-state index contributed by atoms with van der Waals surface area (Å²) in [6.45, 7) is 3.69. The summed E-state index contributed by atoms with van der Waals surface area (Å²) < 4.78 is 1.02. The molecule has 0 aliphatic carbocycles. The lowest BCUT2D eigenvalue weighted by atomic mass is 10.2. The monoisotopic (exact) mass is 366 g/mol. The molecule has 2 aliphatic heterocycles. The van der Waals surface area contributed by atoms with Crippen molar-refractivity contribution < 1.29 is 9.72 Å². The molecule has 2 aliphatic rings. The van der Waals surface area contributed by atoms with Crippen molar-refractivity contribution in [2.45, 2.75) is 0 Å². The van der Waals surface area contributed by atoms with Gasteiger partial charge in [0.1, 0.15) is 4.38 Å². The number of hydrogen-bond acceptors (Lipinski definition) is 7. The standard InChI is InChI=1S/C15H18N4O3S2/c20-14(11-24-15-16-5-10-23-15)18-8-6-17(7-9-18)12-1-3-13(4-2-12)19(21)22/h1-4H,5-11H2. The van der Waals surface area contributed by atoms with Gasteiger partial charge in [-0.15, -0.1) is 0 Å². The first-order valence-corrected chi connectivity index (χ1v) is 9.68. The maximum absolute atomic E-state index is 12.3. The first-order valence-electron chi connectivity index (χ1n) is 7.71. The molecule has 0 spiro atoms. The molecule has 1 aromatic carbocycles. The molecule has 9 heteroatoms. The van der Waals surface area contributed by atoms with Gasteiger partial charge in [0.25, 0.3) is 5.69 Å². The van der Waals surface area contributed by atoms with E-state index in [1.54, 1.807) is 23.9 Å². The molecule has 7 nitrogen and oxygen atoms in total. The molecule has 0 aromatic heterocycles. The van der Waals surface area contributed by atoms with Crippen LogP contribution in [0.3, 0.4) is 0 Å². The maximum Gasteiger partial charge on any atom is 0.269 e. The van der Waals surface area contributed by atoms with Gasteiger partial charge in [-0.2, -0.15) is 0 Å². The molecule has 1 amide bonds. The summed E-state index contributed by atoms with van der Waals surface area (Å²) in [5.41, 5.74) is 1.05. The van der Waals surface area contributed by atoms with Crippen molar-refractivity contribution in [3.63, 3.8) is 0 Å². The van der Waals surface area contributed by atoms with E-state index in [0.29, 0.717) is 18.8 Å². The molecule has 0 radical (unpaired) electrons. The average Bonchev–Trinajstić information content (AvgIpc) is 3.13. The predicted octanol–water partition coefficient (Wildman–Crippen LogP) is 2.08. The van der Waals surface area contributed by atoms with Gasteiger partial charge in [0.05, 0.1) is 17.2 Å². The number of amides is 1. The number of carbonyl (C=O) groups is 1. The molecule has 1 saturated heterocycles. The quantitative estimate of drug-likeness (QED) is 0.600. The van der Waals surface area contributed by atoms with Crippen molar-refractivity contribution in [2.75, 3.05) is 49.1 Å². The van der Waals surface area contributed by atoms with E-state index in [1.165, 1.54) is 23.9 Å². The van der Waals surface area contributed by atoms with E-state index in [2.05, 4.69) is 9.89 Å². The van der Waals surface area contributed by atoms with E-state index in [0.717, 1.165) is 35.5 Å². The third-order valence-electron chi connectivity index (χ3n) is 3.93. The third-order valence-corrected chi connectivity index (χ3v) is 6.17. The number of nitrogens with zero attached hydrogens (tertiary/aromatic N) is 4. The Morgan fingerprint density at radius 1 is 1.25 bits per heavy atom. The van der Waals surface area contributed by atoms with Crippen LogP contribution in [0.25, 0.3) is 0 Å². The number of rotatable bonds is 4. The van der Waals surface area contributed by atoms with Gasteiger partial charge in [-0.3, -0.25) is 19.9 Å². The molecule has 128 valence electrons. The van der Waals surface area contributed by atoms with Crippen LogP contribution in [0.15, 0.2) is 29.3 Å². The van der Waals surface area contributed by atoms with Gasteiger partial charge in [0.15, 0.2) is 0 Å². The normalized spacial score (nSPS) is 17.8. The number of benzene rings is 1. The fourth-order valence-corrected chi connectivity index (χ4v) is 4.53. The van der Waals surface area contributed by atoms with Crippen molar-refractivity contribution in [3.8, 4) is 0 Å². The van der Waals surface area contributed by atoms with Crippen molar-refractivity contribution in [3.05, 3.63) is 34.4 Å². The van der Waals surface area contributed by atoms with Crippen molar-refractivity contribution in [1.82, 2.24) is 4.90 Å². The number of nitro benzene ring substituents is 1. The Morgan fingerprint density at radius 3 is 2.54 bits per heavy atom. The van der Waals surface area contributed by atoms with Crippen molar-refractivity contribution in [2.24, 2.45) is 4.99 Å². The molecule has 3 rings (SSSR count). The smallest absolute Gasteiger partial charge is 0.269 e. The lowest BCUT2D eigenvalue weighted by molar-refractivity contribution is -0.384. The SMILES string of the molecule is O=C(CSC1=NCCS1)N1CCN(c2ccc([N+](=O)[O-])cc2)CC1. The van der Waals surface area contributed by atoms with Crippen LogP contribution in [0, 0.1) is 10.1 Å². The van der Waals surface area contributed by atoms with Crippen LogP contribution in [-0.4, -0.2) is 64.3 Å². The highest BCUT2D eigenvalue weighted by molar-refractivity contribution is 8.39. The van der Waals surface area contributed by atoms with Crippen LogP contribution in [0.1, 0.15) is 0 Å². The molecular formula is C15H18N4O3S2. The van der Waals surface area contributed by atoms with Crippen LogP contribution in [0.4, 0.5) is 11.4 Å². The maximum atomic E-state index is 12.3. The van der Waals surface area contributed by atoms with Gasteiger partial charge in [-0.1, -0.05) is 23.5 Å². The zero-order chi connectivity index (χ0) is 16.9. The molecule has 0 unspecified atom stereocenters. The summed E-state index contributed by atoms with van der Waals surface area (Å²) in [6.07, 6.45) is 0. The van der Waals surface area contributed by atoms with Crippen LogP contribution in [-0.2, 0) is 4.79 Å². The zero-order valence-corrected chi connectivity index (χ0v) is 14.7. The van der Waals surface area contributed by atoms with E-state index < -0.39 is 4.92 Å². The van der Waals surface area contributed by atoms with E-state index >= 15 is 0 Å². The first-order chi connectivity index (χ1) is 11.6. The fraction of sp³-hybridized carbons (Fsp3) is 0.467. The third kappa shape index (κ3) is 4.21. The van der Waals surface area contributed by atoms with Gasteiger partial charge in [0.2, 0.25) is 5.91 Å². The molecule has 2 heterocycles. The number of non-ortho nitro benzene ring substituents is 1. The topological polar surface area (TPSA) is 79.0 Å². The average molecular weight is 366 g/mol. The first kappa shape index (κ1) is 17.1. The second-order valence-corrected chi connectivity index (χ2v) is 7.73. The summed E-state index contributed by atoms with van der Waals surface area (Å²) in [7, 11) is 0. The van der Waals surface area contributed by atoms with E-state index in [4.69, 9.17) is 0 Å². The Kier molecular flexibility index (Phi) is 5.62. The Hall–Kier alpha value is -1.74. The molecule has 0 atom stereocenters. The fourth-order valence-electron chi connectivity index (χ4n) is 2.62.